The van der Waals surface area contributed by atoms with Gasteiger partial charge in [0, 0.05) is 5.57 Å². The predicted molar refractivity (Wildman–Crippen MR) is 83.1 cm³/mol. The van der Waals surface area contributed by atoms with E-state index in [1.165, 1.54) is 14.0 Å². The summed E-state index contributed by atoms with van der Waals surface area (Å²) in [6.07, 6.45) is 1.63. The van der Waals surface area contributed by atoms with Crippen LogP contribution in [0.25, 0.3) is 0 Å². The fraction of sp³-hybridized carbons (Fsp3) is 0.733. The van der Waals surface area contributed by atoms with Crippen molar-refractivity contribution in [3.63, 3.8) is 0 Å². The molecule has 0 rings (SSSR count). The molecule has 0 spiro atoms. The van der Waals surface area contributed by atoms with Crippen molar-refractivity contribution in [3.8, 4) is 0 Å². The molecule has 0 aromatic rings. The van der Waals surface area contributed by atoms with Gasteiger partial charge in [-0.25, -0.2) is 4.79 Å². The van der Waals surface area contributed by atoms with Gasteiger partial charge < -0.3 is 9.16 Å². The summed E-state index contributed by atoms with van der Waals surface area (Å²) >= 11 is 0. The first-order valence-corrected chi connectivity index (χ1v) is 9.76. The maximum atomic E-state index is 11.8. The standard InChI is InChI=1S/C15H28O4Si/c1-11(14(17)18-6)9-10-13(12(2)16)19-20(7,8)15(3,4)5/h9,13H,10H2,1-8H3/b11-9-/t13-/m0/s1. The first-order chi connectivity index (χ1) is 8.92. The number of hydrogen-bond donors (Lipinski definition) is 0. The zero-order valence-electron chi connectivity index (χ0n) is 14.0. The van der Waals surface area contributed by atoms with E-state index in [1.807, 2.05) is 0 Å². The van der Waals surface area contributed by atoms with Gasteiger partial charge in [0.2, 0.25) is 0 Å². The molecule has 0 aromatic heterocycles. The molecule has 0 radical (unpaired) electrons. The normalized spacial score (nSPS) is 14.9. The molecule has 0 fully saturated rings. The molecule has 0 aliphatic rings. The SMILES string of the molecule is COC(=O)/C(C)=C\C[C@H](O[Si](C)(C)C(C)(C)C)C(C)=O. The van der Waals surface area contributed by atoms with E-state index in [0.29, 0.717) is 12.0 Å². The van der Waals surface area contributed by atoms with E-state index in [1.54, 1.807) is 13.0 Å². The van der Waals surface area contributed by atoms with E-state index in [9.17, 15) is 9.59 Å². The van der Waals surface area contributed by atoms with Gasteiger partial charge in [0.1, 0.15) is 6.10 Å². The third-order valence-electron chi connectivity index (χ3n) is 3.84. The number of hydrogen-bond acceptors (Lipinski definition) is 4. The molecule has 0 saturated carbocycles. The number of ketones is 1. The summed E-state index contributed by atoms with van der Waals surface area (Å²) in [4.78, 5) is 23.1. The third-order valence-corrected chi connectivity index (χ3v) is 8.33. The Hall–Kier alpha value is -0.943. The molecule has 0 N–H and O–H groups in total. The van der Waals surface area contributed by atoms with Crippen LogP contribution in [-0.2, 0) is 18.8 Å². The van der Waals surface area contributed by atoms with Gasteiger partial charge in [0.25, 0.3) is 0 Å². The molecule has 0 amide bonds. The van der Waals surface area contributed by atoms with Crippen LogP contribution in [0.3, 0.4) is 0 Å². The quantitative estimate of drug-likeness (QED) is 0.428. The summed E-state index contributed by atoms with van der Waals surface area (Å²) in [6.45, 7) is 13.8. The highest BCUT2D eigenvalue weighted by Gasteiger charge is 2.39. The number of carbonyl (C=O) groups excluding carboxylic acids is 2. The lowest BCUT2D eigenvalue weighted by Gasteiger charge is -2.38. The molecule has 0 aliphatic heterocycles. The van der Waals surface area contributed by atoms with Gasteiger partial charge in [0.05, 0.1) is 7.11 Å². The van der Waals surface area contributed by atoms with Crippen LogP contribution in [0.1, 0.15) is 41.0 Å². The molecule has 0 bridgehead atoms. The lowest BCUT2D eigenvalue weighted by atomic mass is 10.1. The number of methoxy groups -OCH3 is 1. The predicted octanol–water partition coefficient (Wildman–Crippen LogP) is 3.48. The highest BCUT2D eigenvalue weighted by Crippen LogP contribution is 2.37. The largest absolute Gasteiger partial charge is 0.466 e. The van der Waals surface area contributed by atoms with Crippen molar-refractivity contribution in [1.29, 1.82) is 0 Å². The monoisotopic (exact) mass is 300 g/mol. The van der Waals surface area contributed by atoms with Crippen LogP contribution in [0, 0.1) is 0 Å². The van der Waals surface area contributed by atoms with Crippen molar-refractivity contribution in [2.24, 2.45) is 0 Å². The second-order valence-electron chi connectivity index (χ2n) is 6.59. The summed E-state index contributed by atoms with van der Waals surface area (Å²) in [6, 6.07) is 0. The Morgan fingerprint density at radius 1 is 1.20 bits per heavy atom. The molecule has 1 atom stereocenters. The van der Waals surface area contributed by atoms with Gasteiger partial charge in [-0.15, -0.1) is 0 Å². The molecule has 0 aliphatic carbocycles. The molecule has 4 nitrogen and oxygen atoms in total. The molecule has 0 aromatic carbocycles. The molecule has 5 heteroatoms. The maximum absolute atomic E-state index is 11.8. The molecule has 0 unspecified atom stereocenters. The summed E-state index contributed by atoms with van der Waals surface area (Å²) in [5.41, 5.74) is 0.498. The van der Waals surface area contributed by atoms with Crippen LogP contribution in [0.2, 0.25) is 18.1 Å². The van der Waals surface area contributed by atoms with Crippen LogP contribution in [0.5, 0.6) is 0 Å². The number of esters is 1. The smallest absolute Gasteiger partial charge is 0.333 e. The van der Waals surface area contributed by atoms with Crippen LogP contribution in [0.15, 0.2) is 11.6 Å². The van der Waals surface area contributed by atoms with Gasteiger partial charge in [-0.1, -0.05) is 26.8 Å². The molecule has 116 valence electrons. The zero-order valence-corrected chi connectivity index (χ0v) is 15.0. The first kappa shape index (κ1) is 19.1. The van der Waals surface area contributed by atoms with Crippen molar-refractivity contribution >= 4 is 20.1 Å². The first-order valence-electron chi connectivity index (χ1n) is 6.85. The fourth-order valence-electron chi connectivity index (χ4n) is 1.36. The van der Waals surface area contributed by atoms with Crippen LogP contribution >= 0.6 is 0 Å². The maximum Gasteiger partial charge on any atom is 0.333 e. The van der Waals surface area contributed by atoms with Crippen molar-refractivity contribution in [2.45, 2.75) is 65.3 Å². The van der Waals surface area contributed by atoms with E-state index < -0.39 is 14.4 Å². The topological polar surface area (TPSA) is 52.6 Å². The summed E-state index contributed by atoms with van der Waals surface area (Å²) in [7, 11) is -0.663. The minimum atomic E-state index is -2.00. The Balaban J connectivity index is 4.95. The molecular weight excluding hydrogens is 272 g/mol. The van der Waals surface area contributed by atoms with Gasteiger partial charge in [-0.05, 0) is 38.4 Å². The lowest BCUT2D eigenvalue weighted by molar-refractivity contribution is -0.136. The second kappa shape index (κ2) is 7.18. The zero-order chi connectivity index (χ0) is 16.1. The summed E-state index contributed by atoms with van der Waals surface area (Å²) in [5, 5.41) is 0.0435. The number of Topliss-reactive ketones (excluding diaryl/α,β-unsaturated/α-hetero) is 1. The average Bonchev–Trinajstić information content (AvgIpc) is 2.30. The number of rotatable bonds is 6. The Morgan fingerprint density at radius 2 is 1.70 bits per heavy atom. The van der Waals surface area contributed by atoms with E-state index in [-0.39, 0.29) is 16.8 Å². The molecular formula is C15H28O4Si. The van der Waals surface area contributed by atoms with Crippen molar-refractivity contribution in [1.82, 2.24) is 0 Å². The Labute approximate surface area is 123 Å². The summed E-state index contributed by atoms with van der Waals surface area (Å²) < 4.78 is 10.8. The van der Waals surface area contributed by atoms with Gasteiger partial charge in [-0.3, -0.25) is 4.79 Å². The van der Waals surface area contributed by atoms with Crippen LogP contribution in [0.4, 0.5) is 0 Å². The van der Waals surface area contributed by atoms with E-state index in [0.717, 1.165) is 0 Å². The highest BCUT2D eigenvalue weighted by molar-refractivity contribution is 6.74. The van der Waals surface area contributed by atoms with Crippen LogP contribution < -0.4 is 0 Å². The highest BCUT2D eigenvalue weighted by atomic mass is 28.4. The van der Waals surface area contributed by atoms with Crippen molar-refractivity contribution < 1.29 is 18.8 Å². The second-order valence-corrected chi connectivity index (χ2v) is 11.3. The van der Waals surface area contributed by atoms with E-state index >= 15 is 0 Å². The Morgan fingerprint density at radius 3 is 2.05 bits per heavy atom. The molecule has 0 heterocycles. The summed E-state index contributed by atoms with van der Waals surface area (Å²) in [5.74, 6) is -0.386. The lowest BCUT2D eigenvalue weighted by Crippen LogP contribution is -2.45. The number of ether oxygens (including phenoxy) is 1. The van der Waals surface area contributed by atoms with Gasteiger partial charge in [0.15, 0.2) is 14.1 Å². The van der Waals surface area contributed by atoms with Crippen molar-refractivity contribution in [2.75, 3.05) is 7.11 Å². The van der Waals surface area contributed by atoms with E-state index in [2.05, 4.69) is 38.6 Å². The van der Waals surface area contributed by atoms with Gasteiger partial charge >= 0.3 is 5.97 Å². The van der Waals surface area contributed by atoms with Crippen LogP contribution in [-0.4, -0.2) is 33.3 Å². The third kappa shape index (κ3) is 5.59. The average molecular weight is 300 g/mol. The van der Waals surface area contributed by atoms with Gasteiger partial charge in [-0.2, -0.15) is 0 Å². The Bertz CT molecular complexity index is 391. The minimum absolute atomic E-state index is 0.0104. The number of carbonyl (C=O) groups is 2. The fourth-order valence-corrected chi connectivity index (χ4v) is 2.68. The van der Waals surface area contributed by atoms with E-state index in [4.69, 9.17) is 4.43 Å². The molecule has 20 heavy (non-hydrogen) atoms. The molecule has 0 saturated heterocycles. The minimum Gasteiger partial charge on any atom is -0.466 e. The Kier molecular flexibility index (Phi) is 6.84. The van der Waals surface area contributed by atoms with Crippen molar-refractivity contribution in [3.05, 3.63) is 11.6 Å².